The third kappa shape index (κ3) is 6.32. The topological polar surface area (TPSA) is 100 Å². The Bertz CT molecular complexity index is 1200. The van der Waals surface area contributed by atoms with Gasteiger partial charge in [-0.05, 0) is 57.4 Å². The highest BCUT2D eigenvalue weighted by Gasteiger charge is 2.17. The number of halogens is 1. The normalized spacial score (nSPS) is 10.9. The van der Waals surface area contributed by atoms with Crippen molar-refractivity contribution in [3.63, 3.8) is 0 Å². The number of anilines is 2. The van der Waals surface area contributed by atoms with Crippen LogP contribution in [0.25, 0.3) is 0 Å². The third-order valence-electron chi connectivity index (χ3n) is 5.15. The van der Waals surface area contributed by atoms with Gasteiger partial charge in [0.05, 0.1) is 11.4 Å². The minimum absolute atomic E-state index is 0.173. The first-order valence-electron chi connectivity index (χ1n) is 10.8. The van der Waals surface area contributed by atoms with E-state index in [0.717, 1.165) is 19.0 Å². The fourth-order valence-corrected chi connectivity index (χ4v) is 3.43. The Kier molecular flexibility index (Phi) is 7.85. The third-order valence-corrected chi connectivity index (χ3v) is 5.15. The van der Waals surface area contributed by atoms with Gasteiger partial charge in [0.2, 0.25) is 0 Å². The molecule has 0 bridgehead atoms. The first kappa shape index (κ1) is 24.7. The first-order chi connectivity index (χ1) is 16.1. The Morgan fingerprint density at radius 2 is 1.47 bits per heavy atom. The molecular formula is C24H29FN6O3. The number of benzene rings is 1. The van der Waals surface area contributed by atoms with Gasteiger partial charge in [0.25, 0.3) is 17.7 Å². The van der Waals surface area contributed by atoms with E-state index in [1.165, 1.54) is 24.3 Å². The Morgan fingerprint density at radius 1 is 0.882 bits per heavy atom. The smallest absolute Gasteiger partial charge is 0.272 e. The van der Waals surface area contributed by atoms with E-state index in [1.807, 2.05) is 19.0 Å². The largest absolute Gasteiger partial charge is 0.351 e. The van der Waals surface area contributed by atoms with E-state index < -0.39 is 17.6 Å². The highest BCUT2D eigenvalue weighted by molar-refractivity contribution is 6.07. The van der Waals surface area contributed by atoms with Crippen LogP contribution in [0.5, 0.6) is 0 Å². The maximum Gasteiger partial charge on any atom is 0.272 e. The molecule has 34 heavy (non-hydrogen) atoms. The first-order valence-corrected chi connectivity index (χ1v) is 10.8. The van der Waals surface area contributed by atoms with Gasteiger partial charge in [-0.1, -0.05) is 6.07 Å². The molecule has 0 radical (unpaired) electrons. The summed E-state index contributed by atoms with van der Waals surface area (Å²) in [5.74, 6) is -1.62. The van der Waals surface area contributed by atoms with E-state index in [9.17, 15) is 18.8 Å². The average molecular weight is 469 g/mol. The molecule has 0 unspecified atom stereocenters. The van der Waals surface area contributed by atoms with E-state index in [-0.39, 0.29) is 11.5 Å². The molecule has 3 amide bonds. The second-order valence-electron chi connectivity index (χ2n) is 8.28. The van der Waals surface area contributed by atoms with Crippen LogP contribution in [-0.2, 0) is 14.1 Å². The van der Waals surface area contributed by atoms with E-state index in [2.05, 4.69) is 16.0 Å². The summed E-state index contributed by atoms with van der Waals surface area (Å²) in [5.41, 5.74) is 1.76. The Morgan fingerprint density at radius 3 is 2.06 bits per heavy atom. The van der Waals surface area contributed by atoms with Crippen molar-refractivity contribution in [2.24, 2.45) is 14.1 Å². The summed E-state index contributed by atoms with van der Waals surface area (Å²) in [6.45, 7) is 1.42. The molecule has 1 aromatic carbocycles. The number of hydrogen-bond acceptors (Lipinski definition) is 4. The van der Waals surface area contributed by atoms with E-state index in [4.69, 9.17) is 0 Å². The molecular weight excluding hydrogens is 439 g/mol. The number of amides is 3. The molecule has 2 heterocycles. The highest BCUT2D eigenvalue weighted by atomic mass is 19.1. The lowest BCUT2D eigenvalue weighted by molar-refractivity contribution is 0.0942. The lowest BCUT2D eigenvalue weighted by Crippen LogP contribution is -2.28. The maximum absolute atomic E-state index is 13.4. The molecule has 9 nitrogen and oxygen atoms in total. The molecule has 0 aliphatic heterocycles. The second kappa shape index (κ2) is 10.8. The van der Waals surface area contributed by atoms with Crippen LogP contribution in [0.15, 0.2) is 48.8 Å². The molecule has 0 saturated carbocycles. The van der Waals surface area contributed by atoms with E-state index in [0.29, 0.717) is 29.3 Å². The van der Waals surface area contributed by atoms with Crippen LogP contribution in [0.2, 0.25) is 0 Å². The molecule has 3 rings (SSSR count). The van der Waals surface area contributed by atoms with Crippen LogP contribution in [-0.4, -0.2) is 58.9 Å². The summed E-state index contributed by atoms with van der Waals surface area (Å²) in [7, 11) is 7.35. The highest BCUT2D eigenvalue weighted by Crippen LogP contribution is 2.18. The number of nitrogens with one attached hydrogen (secondary N) is 3. The summed E-state index contributed by atoms with van der Waals surface area (Å²) < 4.78 is 16.6. The van der Waals surface area contributed by atoms with Crippen LogP contribution in [0.1, 0.15) is 37.8 Å². The average Bonchev–Trinajstić information content (AvgIpc) is 3.32. The van der Waals surface area contributed by atoms with Crippen molar-refractivity contribution in [3.8, 4) is 0 Å². The minimum Gasteiger partial charge on any atom is -0.351 e. The maximum atomic E-state index is 13.4. The van der Waals surface area contributed by atoms with Crippen molar-refractivity contribution >= 4 is 29.1 Å². The molecule has 0 fully saturated rings. The van der Waals surface area contributed by atoms with Gasteiger partial charge in [-0.15, -0.1) is 0 Å². The van der Waals surface area contributed by atoms with Crippen molar-refractivity contribution in [1.29, 1.82) is 0 Å². The van der Waals surface area contributed by atoms with Gasteiger partial charge in [0.1, 0.15) is 17.2 Å². The van der Waals surface area contributed by atoms with Crippen LogP contribution < -0.4 is 16.0 Å². The number of rotatable bonds is 9. The lowest BCUT2D eigenvalue weighted by atomic mass is 10.2. The van der Waals surface area contributed by atoms with Crippen molar-refractivity contribution in [1.82, 2.24) is 19.4 Å². The zero-order valence-electron chi connectivity index (χ0n) is 19.7. The predicted octanol–water partition coefficient (Wildman–Crippen LogP) is 2.69. The van der Waals surface area contributed by atoms with Crippen LogP contribution in [0, 0.1) is 5.82 Å². The van der Waals surface area contributed by atoms with E-state index in [1.54, 1.807) is 41.7 Å². The summed E-state index contributed by atoms with van der Waals surface area (Å²) in [6.07, 6.45) is 4.07. The zero-order valence-corrected chi connectivity index (χ0v) is 19.7. The van der Waals surface area contributed by atoms with Gasteiger partial charge in [-0.2, -0.15) is 0 Å². The minimum atomic E-state index is -0.509. The lowest BCUT2D eigenvalue weighted by Gasteiger charge is -2.10. The molecule has 0 atom stereocenters. The summed E-state index contributed by atoms with van der Waals surface area (Å²) in [5, 5.41) is 8.31. The van der Waals surface area contributed by atoms with E-state index >= 15 is 0 Å². The molecule has 10 heteroatoms. The van der Waals surface area contributed by atoms with Gasteiger partial charge in [-0.25, -0.2) is 4.39 Å². The van der Waals surface area contributed by atoms with Crippen molar-refractivity contribution < 1.29 is 18.8 Å². The Hall–Kier alpha value is -3.92. The van der Waals surface area contributed by atoms with Gasteiger partial charge < -0.3 is 30.0 Å². The van der Waals surface area contributed by atoms with Gasteiger partial charge in [-0.3, -0.25) is 14.4 Å². The SMILES string of the molecule is CN(C)CCCNC(=O)c1cc(NC(=O)c2cc(NC(=O)c3cccc(F)c3)cn2C)cn1C. The fraction of sp³-hybridized carbons (Fsp3) is 0.292. The number of aromatic nitrogens is 2. The monoisotopic (exact) mass is 468 g/mol. The number of aryl methyl sites for hydroxylation is 2. The van der Waals surface area contributed by atoms with Crippen molar-refractivity contribution in [2.75, 3.05) is 37.8 Å². The number of carbonyl (C=O) groups excluding carboxylic acids is 3. The number of nitrogens with zero attached hydrogens (tertiary/aromatic N) is 3. The summed E-state index contributed by atoms with van der Waals surface area (Å²) in [4.78, 5) is 39.7. The second-order valence-corrected chi connectivity index (χ2v) is 8.28. The standard InChI is InChI=1S/C24H29FN6O3/c1-29(2)10-6-9-26-23(33)20-12-19(15-30(20)3)28-24(34)21-13-18(14-31(21)4)27-22(32)16-7-5-8-17(25)11-16/h5,7-8,11-15H,6,9-10H2,1-4H3,(H,26,33)(H,27,32)(H,28,34). The molecule has 0 aliphatic rings. The molecule has 0 spiro atoms. The molecule has 180 valence electrons. The number of carbonyl (C=O) groups is 3. The van der Waals surface area contributed by atoms with Crippen molar-refractivity contribution in [2.45, 2.75) is 6.42 Å². The molecule has 2 aromatic heterocycles. The zero-order chi connectivity index (χ0) is 24.8. The van der Waals surface area contributed by atoms with Gasteiger partial charge in [0.15, 0.2) is 0 Å². The van der Waals surface area contributed by atoms with Crippen LogP contribution >= 0.6 is 0 Å². The summed E-state index contributed by atoms with van der Waals surface area (Å²) >= 11 is 0. The molecule has 0 aliphatic carbocycles. The van der Waals surface area contributed by atoms with Crippen molar-refractivity contribution in [3.05, 3.63) is 71.6 Å². The van der Waals surface area contributed by atoms with Gasteiger partial charge >= 0.3 is 0 Å². The van der Waals surface area contributed by atoms with Crippen LogP contribution in [0.3, 0.4) is 0 Å². The molecule has 0 saturated heterocycles. The quantitative estimate of drug-likeness (QED) is 0.421. The van der Waals surface area contributed by atoms with Gasteiger partial charge in [0, 0.05) is 38.6 Å². The summed E-state index contributed by atoms with van der Waals surface area (Å²) in [6, 6.07) is 8.47. The Labute approximate surface area is 197 Å². The van der Waals surface area contributed by atoms with Crippen LogP contribution in [0.4, 0.5) is 15.8 Å². The molecule has 3 aromatic rings. The Balaban J connectivity index is 1.63. The number of hydrogen-bond donors (Lipinski definition) is 3. The predicted molar refractivity (Wildman–Crippen MR) is 129 cm³/mol. The molecule has 3 N–H and O–H groups in total. The fourth-order valence-electron chi connectivity index (χ4n) is 3.43.